The highest BCUT2D eigenvalue weighted by molar-refractivity contribution is 6.13. The number of hydrogen-bond acceptors (Lipinski definition) is 4. The van der Waals surface area contributed by atoms with Gasteiger partial charge in [-0.25, -0.2) is 0 Å². The first-order chi connectivity index (χ1) is 12.2. The quantitative estimate of drug-likeness (QED) is 0.403. The van der Waals surface area contributed by atoms with Crippen molar-refractivity contribution in [2.45, 2.75) is 0 Å². The molecule has 4 rings (SSSR count). The van der Waals surface area contributed by atoms with Crippen LogP contribution in [0.3, 0.4) is 0 Å². The molecular formula is C20H17BO4. The number of hydrogen-bond donors (Lipinski definition) is 4. The average Bonchev–Trinajstić information content (AvgIpc) is 2.63. The standard InChI is InChI=1S/C20H14O2.BH3O2/c21-17-11-9-13-5-1-3-7-15(13)19(17)20-16-8-4-2-6-14(16)10-12-18(20)22;2-1-3/h1-12,21-22H;1-3H. The fraction of sp³-hybridized carbons (Fsp3) is 0. The lowest BCUT2D eigenvalue weighted by Gasteiger charge is -2.14. The molecule has 0 heterocycles. The number of aromatic hydroxyl groups is 2. The van der Waals surface area contributed by atoms with Crippen LogP contribution in [0.2, 0.25) is 0 Å². The molecule has 0 radical (unpaired) electrons. The minimum Gasteiger partial charge on any atom is -0.507 e. The first-order valence-electron chi connectivity index (χ1n) is 7.81. The van der Waals surface area contributed by atoms with E-state index in [1.807, 2.05) is 60.7 Å². The summed E-state index contributed by atoms with van der Waals surface area (Å²) < 4.78 is 0. The van der Waals surface area contributed by atoms with E-state index in [0.29, 0.717) is 11.1 Å². The van der Waals surface area contributed by atoms with Gasteiger partial charge in [-0.05, 0) is 33.7 Å². The molecule has 0 aliphatic heterocycles. The largest absolute Gasteiger partial charge is 0.507 e. The SMILES string of the molecule is OBO.Oc1ccc2ccccc2c1-c1c(O)ccc2ccccc12. The van der Waals surface area contributed by atoms with Crippen molar-refractivity contribution in [2.75, 3.05) is 0 Å². The molecule has 0 saturated carbocycles. The summed E-state index contributed by atoms with van der Waals surface area (Å²) in [5, 5.41) is 39.0. The summed E-state index contributed by atoms with van der Waals surface area (Å²) in [7, 11) is -0.750. The second kappa shape index (κ2) is 7.26. The van der Waals surface area contributed by atoms with Gasteiger partial charge in [-0.1, -0.05) is 60.7 Å². The lowest BCUT2D eigenvalue weighted by atomic mass is 9.92. The summed E-state index contributed by atoms with van der Waals surface area (Å²) in [5.41, 5.74) is 1.35. The molecule has 0 aromatic heterocycles. The molecule has 124 valence electrons. The summed E-state index contributed by atoms with van der Waals surface area (Å²) in [6.07, 6.45) is 0. The second-order valence-electron chi connectivity index (χ2n) is 5.50. The molecule has 0 atom stereocenters. The van der Waals surface area contributed by atoms with Gasteiger partial charge in [-0.3, -0.25) is 0 Å². The highest BCUT2D eigenvalue weighted by Gasteiger charge is 2.16. The molecule has 0 unspecified atom stereocenters. The van der Waals surface area contributed by atoms with Crippen LogP contribution in [0.25, 0.3) is 32.7 Å². The fourth-order valence-electron chi connectivity index (χ4n) is 3.05. The maximum Gasteiger partial charge on any atom is 0.432 e. The van der Waals surface area contributed by atoms with Gasteiger partial charge in [0.2, 0.25) is 0 Å². The Morgan fingerprint density at radius 2 is 0.880 bits per heavy atom. The molecule has 25 heavy (non-hydrogen) atoms. The van der Waals surface area contributed by atoms with E-state index in [9.17, 15) is 10.2 Å². The monoisotopic (exact) mass is 332 g/mol. The molecule has 0 aliphatic carbocycles. The number of phenolic OH excluding ortho intramolecular Hbond substituents is 2. The Labute approximate surface area is 145 Å². The van der Waals surface area contributed by atoms with Crippen LogP contribution in [-0.2, 0) is 0 Å². The summed E-state index contributed by atoms with van der Waals surface area (Å²) in [6, 6.07) is 22.9. The molecule has 4 aromatic carbocycles. The van der Waals surface area contributed by atoms with Crippen LogP contribution in [0.15, 0.2) is 72.8 Å². The highest BCUT2D eigenvalue weighted by Crippen LogP contribution is 2.44. The van der Waals surface area contributed by atoms with Crippen LogP contribution in [0.4, 0.5) is 0 Å². The molecule has 0 bridgehead atoms. The summed E-state index contributed by atoms with van der Waals surface area (Å²) >= 11 is 0. The van der Waals surface area contributed by atoms with Crippen LogP contribution in [0.5, 0.6) is 11.5 Å². The first-order valence-corrected chi connectivity index (χ1v) is 7.81. The number of phenols is 2. The van der Waals surface area contributed by atoms with Crippen molar-refractivity contribution in [1.82, 2.24) is 0 Å². The summed E-state index contributed by atoms with van der Waals surface area (Å²) in [6.45, 7) is 0. The minimum atomic E-state index is -0.750. The van der Waals surface area contributed by atoms with Crippen LogP contribution in [0, 0.1) is 0 Å². The van der Waals surface area contributed by atoms with Gasteiger partial charge in [0, 0.05) is 11.1 Å². The molecule has 0 fully saturated rings. The third-order valence-corrected chi connectivity index (χ3v) is 4.06. The normalized spacial score (nSPS) is 10.3. The average molecular weight is 332 g/mol. The van der Waals surface area contributed by atoms with E-state index >= 15 is 0 Å². The minimum absolute atomic E-state index is 0.172. The van der Waals surface area contributed by atoms with Crippen LogP contribution >= 0.6 is 0 Å². The Morgan fingerprint density at radius 3 is 1.28 bits per heavy atom. The van der Waals surface area contributed by atoms with Gasteiger partial charge in [-0.2, -0.15) is 0 Å². The molecule has 4 N–H and O–H groups in total. The van der Waals surface area contributed by atoms with Gasteiger partial charge in [-0.15, -0.1) is 0 Å². The van der Waals surface area contributed by atoms with Crippen molar-refractivity contribution >= 4 is 29.2 Å². The fourth-order valence-corrected chi connectivity index (χ4v) is 3.05. The van der Waals surface area contributed by atoms with Gasteiger partial charge in [0.15, 0.2) is 0 Å². The van der Waals surface area contributed by atoms with Gasteiger partial charge in [0.05, 0.1) is 0 Å². The van der Waals surface area contributed by atoms with E-state index in [4.69, 9.17) is 10.0 Å². The van der Waals surface area contributed by atoms with Crippen molar-refractivity contribution in [3.63, 3.8) is 0 Å². The second-order valence-corrected chi connectivity index (χ2v) is 5.50. The molecular weight excluding hydrogens is 315 g/mol. The predicted molar refractivity (Wildman–Crippen MR) is 102 cm³/mol. The van der Waals surface area contributed by atoms with Gasteiger partial charge >= 0.3 is 7.69 Å². The Hall–Kier alpha value is -3.02. The van der Waals surface area contributed by atoms with Gasteiger partial charge in [0.25, 0.3) is 0 Å². The Bertz CT molecular complexity index is 947. The van der Waals surface area contributed by atoms with Crippen molar-refractivity contribution in [2.24, 2.45) is 0 Å². The highest BCUT2D eigenvalue weighted by atomic mass is 16.4. The Morgan fingerprint density at radius 1 is 0.520 bits per heavy atom. The van der Waals surface area contributed by atoms with Crippen molar-refractivity contribution in [3.05, 3.63) is 72.8 Å². The molecule has 5 heteroatoms. The predicted octanol–water partition coefficient (Wildman–Crippen LogP) is 3.31. The smallest absolute Gasteiger partial charge is 0.432 e. The zero-order chi connectivity index (χ0) is 17.8. The van der Waals surface area contributed by atoms with Crippen LogP contribution < -0.4 is 0 Å². The number of benzene rings is 4. The molecule has 0 amide bonds. The molecule has 4 nitrogen and oxygen atoms in total. The van der Waals surface area contributed by atoms with Crippen LogP contribution in [0.1, 0.15) is 0 Å². The van der Waals surface area contributed by atoms with E-state index in [1.54, 1.807) is 12.1 Å². The van der Waals surface area contributed by atoms with Gasteiger partial charge < -0.3 is 20.3 Å². The molecule has 0 aliphatic rings. The van der Waals surface area contributed by atoms with Crippen LogP contribution in [-0.4, -0.2) is 27.9 Å². The topological polar surface area (TPSA) is 80.9 Å². The lowest BCUT2D eigenvalue weighted by molar-refractivity contribution is 0.448. The third kappa shape index (κ3) is 3.15. The first kappa shape index (κ1) is 16.8. The molecule has 0 spiro atoms. The zero-order valence-electron chi connectivity index (χ0n) is 13.4. The van der Waals surface area contributed by atoms with Crippen molar-refractivity contribution in [1.29, 1.82) is 0 Å². The summed E-state index contributed by atoms with van der Waals surface area (Å²) in [4.78, 5) is 0. The summed E-state index contributed by atoms with van der Waals surface area (Å²) in [5.74, 6) is 0.343. The van der Waals surface area contributed by atoms with E-state index < -0.39 is 7.69 Å². The zero-order valence-corrected chi connectivity index (χ0v) is 13.4. The molecule has 4 aromatic rings. The maximum atomic E-state index is 10.4. The lowest BCUT2D eigenvalue weighted by Crippen LogP contribution is -1.86. The number of fused-ring (bicyclic) bond motifs is 2. The Balaban J connectivity index is 0.000000569. The van der Waals surface area contributed by atoms with Crippen molar-refractivity contribution in [3.8, 4) is 22.6 Å². The van der Waals surface area contributed by atoms with E-state index in [1.165, 1.54) is 0 Å². The van der Waals surface area contributed by atoms with Gasteiger partial charge in [0.1, 0.15) is 11.5 Å². The van der Waals surface area contributed by atoms with E-state index in [-0.39, 0.29) is 11.5 Å². The Kier molecular flexibility index (Phi) is 4.88. The van der Waals surface area contributed by atoms with E-state index in [0.717, 1.165) is 21.5 Å². The van der Waals surface area contributed by atoms with Crippen molar-refractivity contribution < 1.29 is 20.3 Å². The maximum absolute atomic E-state index is 10.4. The van der Waals surface area contributed by atoms with E-state index in [2.05, 4.69) is 0 Å². The number of rotatable bonds is 1. The third-order valence-electron chi connectivity index (χ3n) is 4.06. The molecule has 0 saturated heterocycles.